The minimum Gasteiger partial charge on any atom is -0.344 e. The van der Waals surface area contributed by atoms with Crippen LogP contribution in [0.15, 0.2) is 0 Å². The summed E-state index contributed by atoms with van der Waals surface area (Å²) < 4.78 is 0. The van der Waals surface area contributed by atoms with Crippen molar-refractivity contribution in [3.63, 3.8) is 0 Å². The molecule has 0 aliphatic rings. The molecule has 0 aromatic heterocycles. The second-order valence-electron chi connectivity index (χ2n) is 4.32. The topological polar surface area (TPSA) is 87.0 Å². The zero-order valence-corrected chi connectivity index (χ0v) is 9.31. The Labute approximate surface area is 82.8 Å². The summed E-state index contributed by atoms with van der Waals surface area (Å²) in [6, 6.07) is 0. The maximum absolute atomic E-state index is 5.63. The summed E-state index contributed by atoms with van der Waals surface area (Å²) in [5, 5.41) is 0. The Morgan fingerprint density at radius 3 is 1.92 bits per heavy atom. The van der Waals surface area contributed by atoms with Gasteiger partial charge >= 0.3 is 0 Å². The summed E-state index contributed by atoms with van der Waals surface area (Å²) in [6.07, 6.45) is 6.29. The second kappa shape index (κ2) is 8.48. The predicted octanol–water partition coefficient (Wildman–Crippen LogP) is 2.04. The van der Waals surface area contributed by atoms with E-state index in [1.807, 2.05) is 0 Å². The van der Waals surface area contributed by atoms with Crippen LogP contribution in [-0.4, -0.2) is 13.1 Å². The predicted molar refractivity (Wildman–Crippen MR) is 60.0 cm³/mol. The number of nitrogens with two attached hydrogens (primary N) is 2. The van der Waals surface area contributed by atoms with Gasteiger partial charge in [-0.25, -0.2) is 0 Å². The first kappa shape index (κ1) is 15.4. The van der Waals surface area contributed by atoms with Crippen molar-refractivity contribution in [2.45, 2.75) is 46.0 Å². The molecule has 0 rings (SSSR count). The van der Waals surface area contributed by atoms with Gasteiger partial charge in [0.15, 0.2) is 0 Å². The van der Waals surface area contributed by atoms with E-state index >= 15 is 0 Å². The Morgan fingerprint density at radius 2 is 1.46 bits per heavy atom. The van der Waals surface area contributed by atoms with Crippen molar-refractivity contribution in [1.82, 2.24) is 6.15 Å². The quantitative estimate of drug-likeness (QED) is 0.536. The molecule has 3 nitrogen and oxygen atoms in total. The van der Waals surface area contributed by atoms with Gasteiger partial charge in [-0.15, -0.1) is 0 Å². The fourth-order valence-corrected chi connectivity index (χ4v) is 1.20. The molecule has 0 atom stereocenters. The number of hydrogen-bond donors (Lipinski definition) is 3. The van der Waals surface area contributed by atoms with Crippen LogP contribution >= 0.6 is 0 Å². The van der Waals surface area contributed by atoms with Crippen LogP contribution in [0.1, 0.15) is 46.0 Å². The minimum atomic E-state index is 0. The SMILES string of the molecule is CC(C)(CN)CCCCCCN.N. The molecule has 0 aromatic rings. The smallest absolute Gasteiger partial charge is 0.00258 e. The van der Waals surface area contributed by atoms with Gasteiger partial charge in [0.2, 0.25) is 0 Å². The molecule has 0 bridgehead atoms. The van der Waals surface area contributed by atoms with Crippen LogP contribution in [0.3, 0.4) is 0 Å². The third-order valence-corrected chi connectivity index (χ3v) is 2.36. The van der Waals surface area contributed by atoms with Gasteiger partial charge in [-0.2, -0.15) is 0 Å². The molecule has 0 aromatic carbocycles. The van der Waals surface area contributed by atoms with Gasteiger partial charge in [0.1, 0.15) is 0 Å². The maximum Gasteiger partial charge on any atom is -0.00258 e. The fraction of sp³-hybridized carbons (Fsp3) is 1.00. The molecule has 7 N–H and O–H groups in total. The van der Waals surface area contributed by atoms with E-state index < -0.39 is 0 Å². The van der Waals surface area contributed by atoms with E-state index in [1.165, 1.54) is 32.1 Å². The van der Waals surface area contributed by atoms with E-state index in [4.69, 9.17) is 11.5 Å². The average Bonchev–Trinajstić information content (AvgIpc) is 2.04. The Bertz CT molecular complexity index is 102. The molecule has 0 amide bonds. The number of hydrogen-bond acceptors (Lipinski definition) is 3. The van der Waals surface area contributed by atoms with Gasteiger partial charge in [0, 0.05) is 0 Å². The molecule has 0 unspecified atom stereocenters. The van der Waals surface area contributed by atoms with Crippen LogP contribution in [0.4, 0.5) is 0 Å². The van der Waals surface area contributed by atoms with E-state index in [-0.39, 0.29) is 6.15 Å². The van der Waals surface area contributed by atoms with E-state index in [2.05, 4.69) is 13.8 Å². The molecule has 13 heavy (non-hydrogen) atoms. The molecule has 0 aliphatic carbocycles. The number of unbranched alkanes of at least 4 members (excludes halogenated alkanes) is 3. The first-order chi connectivity index (χ1) is 5.62. The summed E-state index contributed by atoms with van der Waals surface area (Å²) in [7, 11) is 0. The average molecular weight is 189 g/mol. The molecule has 0 saturated heterocycles. The lowest BCUT2D eigenvalue weighted by atomic mass is 9.87. The van der Waals surface area contributed by atoms with Crippen molar-refractivity contribution >= 4 is 0 Å². The van der Waals surface area contributed by atoms with Crippen molar-refractivity contribution in [3.8, 4) is 0 Å². The van der Waals surface area contributed by atoms with Gasteiger partial charge < -0.3 is 17.6 Å². The standard InChI is InChI=1S/C10H24N2.H3N/c1-10(2,9-12)7-5-3-4-6-8-11;/h3-9,11-12H2,1-2H3;1H3. The summed E-state index contributed by atoms with van der Waals surface area (Å²) >= 11 is 0. The van der Waals surface area contributed by atoms with Gasteiger partial charge in [-0.05, 0) is 31.3 Å². The van der Waals surface area contributed by atoms with Crippen molar-refractivity contribution in [1.29, 1.82) is 0 Å². The monoisotopic (exact) mass is 189 g/mol. The van der Waals surface area contributed by atoms with E-state index in [9.17, 15) is 0 Å². The lowest BCUT2D eigenvalue weighted by Gasteiger charge is -2.21. The van der Waals surface area contributed by atoms with Crippen molar-refractivity contribution in [2.75, 3.05) is 13.1 Å². The first-order valence-corrected chi connectivity index (χ1v) is 5.02. The van der Waals surface area contributed by atoms with Crippen molar-refractivity contribution in [3.05, 3.63) is 0 Å². The minimum absolute atomic E-state index is 0. The second-order valence-corrected chi connectivity index (χ2v) is 4.32. The Hall–Kier alpha value is -0.120. The van der Waals surface area contributed by atoms with Crippen LogP contribution in [0.25, 0.3) is 0 Å². The van der Waals surface area contributed by atoms with Crippen molar-refractivity contribution < 1.29 is 0 Å². The van der Waals surface area contributed by atoms with Crippen LogP contribution in [0, 0.1) is 5.41 Å². The first-order valence-electron chi connectivity index (χ1n) is 5.02. The van der Waals surface area contributed by atoms with Crippen LogP contribution < -0.4 is 17.6 Å². The number of rotatable bonds is 7. The van der Waals surface area contributed by atoms with Gasteiger partial charge in [0.25, 0.3) is 0 Å². The molecule has 82 valence electrons. The molecular formula is C10H27N3. The van der Waals surface area contributed by atoms with E-state index in [1.54, 1.807) is 0 Å². The highest BCUT2D eigenvalue weighted by Gasteiger charge is 2.13. The van der Waals surface area contributed by atoms with Crippen LogP contribution in [-0.2, 0) is 0 Å². The van der Waals surface area contributed by atoms with Gasteiger partial charge in [0.05, 0.1) is 0 Å². The van der Waals surface area contributed by atoms with Gasteiger partial charge in [-0.3, -0.25) is 0 Å². The Balaban J connectivity index is 0. The summed E-state index contributed by atoms with van der Waals surface area (Å²) in [6.45, 7) is 6.09. The summed E-state index contributed by atoms with van der Waals surface area (Å²) in [4.78, 5) is 0. The lowest BCUT2D eigenvalue weighted by molar-refractivity contribution is 0.331. The molecule has 0 aliphatic heterocycles. The largest absolute Gasteiger partial charge is 0.344 e. The Morgan fingerprint density at radius 1 is 0.923 bits per heavy atom. The third-order valence-electron chi connectivity index (χ3n) is 2.36. The zero-order valence-electron chi connectivity index (χ0n) is 9.31. The van der Waals surface area contributed by atoms with Gasteiger partial charge in [-0.1, -0.05) is 33.1 Å². The molecule has 3 heteroatoms. The molecule has 0 spiro atoms. The molecule has 0 heterocycles. The highest BCUT2D eigenvalue weighted by molar-refractivity contribution is 4.68. The molecular weight excluding hydrogens is 162 g/mol. The molecule has 0 saturated carbocycles. The summed E-state index contributed by atoms with van der Waals surface area (Å²) in [5.74, 6) is 0. The lowest BCUT2D eigenvalue weighted by Crippen LogP contribution is -2.23. The highest BCUT2D eigenvalue weighted by Crippen LogP contribution is 2.21. The maximum atomic E-state index is 5.63. The van der Waals surface area contributed by atoms with Crippen LogP contribution in [0.5, 0.6) is 0 Å². The molecule has 0 fully saturated rings. The fourth-order valence-electron chi connectivity index (χ4n) is 1.20. The summed E-state index contributed by atoms with van der Waals surface area (Å²) in [5.41, 5.74) is 11.4. The normalized spacial score (nSPS) is 11.1. The zero-order chi connectivity index (χ0) is 9.45. The van der Waals surface area contributed by atoms with E-state index in [0.29, 0.717) is 5.41 Å². The van der Waals surface area contributed by atoms with Crippen molar-refractivity contribution in [2.24, 2.45) is 16.9 Å². The third kappa shape index (κ3) is 9.80. The van der Waals surface area contributed by atoms with E-state index in [0.717, 1.165) is 13.1 Å². The Kier molecular flexibility index (Phi) is 10.0. The highest BCUT2D eigenvalue weighted by atomic mass is 14.6. The molecule has 0 radical (unpaired) electrons. The van der Waals surface area contributed by atoms with Crippen LogP contribution in [0.2, 0.25) is 0 Å².